The largest absolute Gasteiger partial charge is 0.384 e. The van der Waals surface area contributed by atoms with E-state index < -0.39 is 5.60 Å². The molecule has 1 aromatic heterocycles. The topological polar surface area (TPSA) is 41.5 Å². The van der Waals surface area contributed by atoms with Gasteiger partial charge in [-0.05, 0) is 42.2 Å². The van der Waals surface area contributed by atoms with Crippen molar-refractivity contribution < 1.29 is 9.84 Å². The maximum Gasteiger partial charge on any atom is 0.1000 e. The van der Waals surface area contributed by atoms with Gasteiger partial charge in [-0.3, -0.25) is 0 Å². The van der Waals surface area contributed by atoms with Crippen LogP contribution in [0.1, 0.15) is 25.3 Å². The number of hydrogen-bond acceptors (Lipinski definition) is 4. The summed E-state index contributed by atoms with van der Waals surface area (Å²) in [6.45, 7) is 4.07. The molecule has 2 atom stereocenters. The Morgan fingerprint density at radius 1 is 1.69 bits per heavy atom. The zero-order valence-electron chi connectivity index (χ0n) is 9.61. The minimum Gasteiger partial charge on any atom is -0.384 e. The highest BCUT2D eigenvalue weighted by molar-refractivity contribution is 7.08. The van der Waals surface area contributed by atoms with Crippen molar-refractivity contribution >= 4 is 11.3 Å². The van der Waals surface area contributed by atoms with Crippen molar-refractivity contribution in [3.05, 3.63) is 22.4 Å². The van der Waals surface area contributed by atoms with Crippen LogP contribution >= 0.6 is 11.3 Å². The molecule has 0 bridgehead atoms. The van der Waals surface area contributed by atoms with Crippen molar-refractivity contribution in [3.63, 3.8) is 0 Å². The summed E-state index contributed by atoms with van der Waals surface area (Å²) >= 11 is 1.62. The van der Waals surface area contributed by atoms with Crippen LogP contribution in [0.4, 0.5) is 0 Å². The van der Waals surface area contributed by atoms with E-state index in [2.05, 4.69) is 5.32 Å². The standard InChI is InChI=1S/C12H19NO2S/c1-12(14,10-4-6-16-8-10)9-13-11-3-2-5-15-7-11/h4,6,8,11,13-14H,2-3,5,7,9H2,1H3. The average molecular weight is 241 g/mol. The molecule has 0 spiro atoms. The first kappa shape index (κ1) is 12.0. The van der Waals surface area contributed by atoms with Gasteiger partial charge in [0.1, 0.15) is 0 Å². The molecule has 90 valence electrons. The maximum absolute atomic E-state index is 10.3. The number of aliphatic hydroxyl groups is 1. The molecule has 0 amide bonds. The van der Waals surface area contributed by atoms with Crippen LogP contribution in [0.15, 0.2) is 16.8 Å². The molecule has 0 aliphatic carbocycles. The second kappa shape index (κ2) is 5.27. The lowest BCUT2D eigenvalue weighted by molar-refractivity contribution is 0.0328. The van der Waals surface area contributed by atoms with Gasteiger partial charge in [0.2, 0.25) is 0 Å². The van der Waals surface area contributed by atoms with Crippen LogP contribution in [0.5, 0.6) is 0 Å². The highest BCUT2D eigenvalue weighted by Gasteiger charge is 2.25. The minimum absolute atomic E-state index is 0.388. The summed E-state index contributed by atoms with van der Waals surface area (Å²) in [7, 11) is 0. The molecule has 0 radical (unpaired) electrons. The monoisotopic (exact) mass is 241 g/mol. The predicted octanol–water partition coefficient (Wildman–Crippen LogP) is 1.72. The van der Waals surface area contributed by atoms with Crippen molar-refractivity contribution in [1.29, 1.82) is 0 Å². The fourth-order valence-electron chi connectivity index (χ4n) is 1.92. The Balaban J connectivity index is 1.84. The lowest BCUT2D eigenvalue weighted by Gasteiger charge is -2.28. The Kier molecular flexibility index (Phi) is 3.97. The third-order valence-electron chi connectivity index (χ3n) is 3.04. The van der Waals surface area contributed by atoms with Crippen molar-refractivity contribution in [2.24, 2.45) is 0 Å². The van der Waals surface area contributed by atoms with Gasteiger partial charge in [-0.25, -0.2) is 0 Å². The van der Waals surface area contributed by atoms with Crippen LogP contribution in [-0.4, -0.2) is 30.9 Å². The third kappa shape index (κ3) is 3.04. The Morgan fingerprint density at radius 2 is 2.56 bits per heavy atom. The summed E-state index contributed by atoms with van der Waals surface area (Å²) in [5.41, 5.74) is 0.207. The van der Waals surface area contributed by atoms with E-state index in [4.69, 9.17) is 4.74 Å². The Hall–Kier alpha value is -0.420. The average Bonchev–Trinajstić information content (AvgIpc) is 2.82. The van der Waals surface area contributed by atoms with Gasteiger partial charge in [0, 0.05) is 19.2 Å². The summed E-state index contributed by atoms with van der Waals surface area (Å²) in [5.74, 6) is 0. The van der Waals surface area contributed by atoms with Crippen molar-refractivity contribution in [1.82, 2.24) is 5.32 Å². The zero-order valence-corrected chi connectivity index (χ0v) is 10.4. The Bertz CT molecular complexity index is 305. The number of hydrogen-bond donors (Lipinski definition) is 2. The van der Waals surface area contributed by atoms with E-state index in [-0.39, 0.29) is 0 Å². The number of rotatable bonds is 4. The fourth-order valence-corrected chi connectivity index (χ4v) is 2.70. The normalized spacial score (nSPS) is 25.2. The van der Waals surface area contributed by atoms with Crippen LogP contribution in [0.3, 0.4) is 0 Å². The molecule has 2 rings (SSSR count). The maximum atomic E-state index is 10.3. The third-order valence-corrected chi connectivity index (χ3v) is 3.72. The molecule has 1 fully saturated rings. The summed E-state index contributed by atoms with van der Waals surface area (Å²) < 4.78 is 5.40. The van der Waals surface area contributed by atoms with E-state index in [9.17, 15) is 5.11 Å². The van der Waals surface area contributed by atoms with Gasteiger partial charge in [-0.2, -0.15) is 11.3 Å². The van der Waals surface area contributed by atoms with E-state index in [0.29, 0.717) is 12.6 Å². The van der Waals surface area contributed by atoms with Gasteiger partial charge in [0.25, 0.3) is 0 Å². The second-order valence-electron chi connectivity index (χ2n) is 4.58. The molecule has 1 aromatic rings. The van der Waals surface area contributed by atoms with E-state index in [1.54, 1.807) is 11.3 Å². The first-order chi connectivity index (χ1) is 7.68. The highest BCUT2D eigenvalue weighted by atomic mass is 32.1. The molecular weight excluding hydrogens is 222 g/mol. The fraction of sp³-hybridized carbons (Fsp3) is 0.667. The van der Waals surface area contributed by atoms with Crippen LogP contribution in [0.25, 0.3) is 0 Å². The molecule has 3 nitrogen and oxygen atoms in total. The van der Waals surface area contributed by atoms with E-state index in [1.807, 2.05) is 23.8 Å². The summed E-state index contributed by atoms with van der Waals surface area (Å²) in [4.78, 5) is 0. The van der Waals surface area contributed by atoms with Gasteiger partial charge in [0.15, 0.2) is 0 Å². The zero-order chi connectivity index (χ0) is 11.4. The molecule has 0 aromatic carbocycles. The molecule has 2 unspecified atom stereocenters. The van der Waals surface area contributed by atoms with Gasteiger partial charge in [-0.1, -0.05) is 0 Å². The van der Waals surface area contributed by atoms with Gasteiger partial charge < -0.3 is 15.2 Å². The molecule has 2 heterocycles. The van der Waals surface area contributed by atoms with Crippen molar-refractivity contribution in [3.8, 4) is 0 Å². The highest BCUT2D eigenvalue weighted by Crippen LogP contribution is 2.22. The minimum atomic E-state index is -0.780. The molecule has 1 aliphatic rings. The number of thiophene rings is 1. The Morgan fingerprint density at radius 3 is 3.19 bits per heavy atom. The Labute approximate surface area is 100 Å². The summed E-state index contributed by atoms with van der Waals surface area (Å²) in [5, 5.41) is 17.7. The molecule has 1 aliphatic heterocycles. The van der Waals surface area contributed by atoms with Gasteiger partial charge in [-0.15, -0.1) is 0 Å². The quantitative estimate of drug-likeness (QED) is 0.843. The van der Waals surface area contributed by atoms with Gasteiger partial charge >= 0.3 is 0 Å². The molecule has 2 N–H and O–H groups in total. The lowest BCUT2D eigenvalue weighted by atomic mass is 9.98. The van der Waals surface area contributed by atoms with Gasteiger partial charge in [0.05, 0.1) is 12.2 Å². The number of ether oxygens (including phenoxy) is 1. The predicted molar refractivity (Wildman–Crippen MR) is 65.7 cm³/mol. The summed E-state index contributed by atoms with van der Waals surface area (Å²) in [6, 6.07) is 2.36. The van der Waals surface area contributed by atoms with Crippen LogP contribution < -0.4 is 5.32 Å². The SMILES string of the molecule is CC(O)(CNC1CCCOC1)c1ccsc1. The molecule has 0 saturated carbocycles. The van der Waals surface area contributed by atoms with Crippen molar-refractivity contribution in [2.75, 3.05) is 19.8 Å². The van der Waals surface area contributed by atoms with E-state index in [0.717, 1.165) is 31.6 Å². The van der Waals surface area contributed by atoms with E-state index in [1.165, 1.54) is 0 Å². The first-order valence-corrected chi connectivity index (χ1v) is 6.69. The second-order valence-corrected chi connectivity index (χ2v) is 5.36. The van der Waals surface area contributed by atoms with Crippen LogP contribution in [0.2, 0.25) is 0 Å². The summed E-state index contributed by atoms with van der Waals surface area (Å²) in [6.07, 6.45) is 2.25. The van der Waals surface area contributed by atoms with E-state index >= 15 is 0 Å². The molecule has 1 saturated heterocycles. The van der Waals surface area contributed by atoms with Crippen LogP contribution in [-0.2, 0) is 10.3 Å². The smallest absolute Gasteiger partial charge is 0.1000 e. The lowest BCUT2D eigenvalue weighted by Crippen LogP contribution is -2.44. The molecular formula is C12H19NO2S. The van der Waals surface area contributed by atoms with Crippen molar-refractivity contribution in [2.45, 2.75) is 31.4 Å². The first-order valence-electron chi connectivity index (χ1n) is 5.75. The van der Waals surface area contributed by atoms with Crippen LogP contribution in [0, 0.1) is 0 Å². The molecule has 16 heavy (non-hydrogen) atoms. The molecule has 4 heteroatoms. The number of nitrogens with one attached hydrogen (secondary N) is 1.